The van der Waals surface area contributed by atoms with Crippen LogP contribution >= 0.6 is 0 Å². The number of aliphatic hydroxyl groups is 1. The summed E-state index contributed by atoms with van der Waals surface area (Å²) < 4.78 is 29.0. The fourth-order valence-corrected chi connectivity index (χ4v) is 4.90. The maximum absolute atomic E-state index is 11.8. The van der Waals surface area contributed by atoms with Crippen molar-refractivity contribution in [1.29, 1.82) is 0 Å². The smallest absolute Gasteiger partial charge is 0.164 e. The number of aromatic nitrogens is 1. The van der Waals surface area contributed by atoms with Crippen LogP contribution in [0.3, 0.4) is 0 Å². The van der Waals surface area contributed by atoms with Gasteiger partial charge in [-0.1, -0.05) is 89.1 Å². The van der Waals surface area contributed by atoms with E-state index in [4.69, 9.17) is 8.53 Å². The number of aliphatic hydroxyl groups excluding tert-OH is 1. The van der Waals surface area contributed by atoms with Crippen molar-refractivity contribution in [3.05, 3.63) is 77.7 Å². The monoisotopic (exact) mass is 734 g/mol. The average molecular weight is 734 g/mol. The summed E-state index contributed by atoms with van der Waals surface area (Å²) in [4.78, 5) is 16.4. The van der Waals surface area contributed by atoms with Gasteiger partial charge in [0.25, 0.3) is 0 Å². The van der Waals surface area contributed by atoms with Gasteiger partial charge in [-0.3, -0.25) is 4.79 Å². The molecular weight excluding hydrogens is 687 g/mol. The van der Waals surface area contributed by atoms with Crippen molar-refractivity contribution >= 4 is 27.7 Å². The Morgan fingerprint density at radius 1 is 1.07 bits per heavy atom. The first-order chi connectivity index (χ1) is 20.2. The van der Waals surface area contributed by atoms with Gasteiger partial charge in [0.05, 0.1) is 5.58 Å². The maximum Gasteiger partial charge on any atom is 0.164 e. The van der Waals surface area contributed by atoms with E-state index in [0.717, 1.165) is 34.9 Å². The normalized spacial score (nSPS) is 16.0. The van der Waals surface area contributed by atoms with Gasteiger partial charge in [-0.25, -0.2) is 0 Å². The van der Waals surface area contributed by atoms with E-state index in [2.05, 4.69) is 23.2 Å². The predicted octanol–water partition coefficient (Wildman–Crippen LogP) is 10.3. The number of aryl methyl sites for hydroxylation is 1. The third-order valence-corrected chi connectivity index (χ3v) is 8.70. The van der Waals surface area contributed by atoms with Crippen molar-refractivity contribution in [2.24, 2.45) is 10.8 Å². The van der Waals surface area contributed by atoms with Gasteiger partial charge in [0.15, 0.2) is 5.78 Å². The topological polar surface area (TPSA) is 63.3 Å². The molecule has 0 saturated heterocycles. The number of rotatable bonds is 7. The van der Waals surface area contributed by atoms with E-state index in [1.165, 1.54) is 37.3 Å². The molecule has 41 heavy (non-hydrogen) atoms. The number of carbonyl (C=O) groups excluding carboxylic acids is 1. The van der Waals surface area contributed by atoms with Crippen molar-refractivity contribution < 1.29 is 38.5 Å². The molecule has 2 aromatic carbocycles. The molecule has 0 spiro atoms. The van der Waals surface area contributed by atoms with E-state index >= 15 is 0 Å². The molecule has 1 fully saturated rings. The first-order valence-electron chi connectivity index (χ1n) is 16.0. The number of hydrogen-bond acceptors (Lipinski definition) is 4. The zero-order chi connectivity index (χ0) is 31.6. The molecule has 5 rings (SSSR count). The van der Waals surface area contributed by atoms with Crippen LogP contribution in [0.25, 0.3) is 33.2 Å². The molecule has 4 nitrogen and oxygen atoms in total. The Bertz CT molecular complexity index is 1630. The van der Waals surface area contributed by atoms with Crippen molar-refractivity contribution in [3.8, 4) is 11.3 Å². The number of ketones is 1. The van der Waals surface area contributed by atoms with Gasteiger partial charge in [0.2, 0.25) is 0 Å². The van der Waals surface area contributed by atoms with Crippen LogP contribution < -0.4 is 0 Å². The second-order valence-electron chi connectivity index (χ2n) is 12.2. The van der Waals surface area contributed by atoms with Crippen LogP contribution in [-0.4, -0.2) is 15.9 Å². The summed E-state index contributed by atoms with van der Waals surface area (Å²) >= 11 is 0. The Balaban J connectivity index is 0.000000286. The van der Waals surface area contributed by atoms with E-state index in [1.54, 1.807) is 12.1 Å². The summed E-state index contributed by atoms with van der Waals surface area (Å²) in [7, 11) is 0. The number of fused-ring (bicyclic) bond motifs is 3. The van der Waals surface area contributed by atoms with Gasteiger partial charge in [-0.05, 0) is 61.8 Å². The van der Waals surface area contributed by atoms with Gasteiger partial charge >= 0.3 is 0 Å². The number of allylic oxidation sites excluding steroid dienone is 2. The molecule has 2 aromatic heterocycles. The third-order valence-electron chi connectivity index (χ3n) is 8.70. The average Bonchev–Trinajstić information content (AvgIpc) is 3.65. The minimum atomic E-state index is -2.15. The van der Waals surface area contributed by atoms with E-state index < -0.39 is 6.85 Å². The molecule has 0 atom stereocenters. The summed E-state index contributed by atoms with van der Waals surface area (Å²) in [6.07, 6.45) is 9.91. The number of nitrogens with zero attached hydrogens (tertiary/aromatic N) is 1. The molecule has 221 valence electrons. The Morgan fingerprint density at radius 3 is 2.44 bits per heavy atom. The summed E-state index contributed by atoms with van der Waals surface area (Å²) in [5.74, 6) is 0.805. The van der Waals surface area contributed by atoms with Gasteiger partial charge in [0, 0.05) is 52.7 Å². The van der Waals surface area contributed by atoms with Crippen molar-refractivity contribution in [1.82, 2.24) is 4.98 Å². The van der Waals surface area contributed by atoms with E-state index in [0.29, 0.717) is 17.1 Å². The van der Waals surface area contributed by atoms with Crippen LogP contribution in [0.1, 0.15) is 101 Å². The zero-order valence-corrected chi connectivity index (χ0v) is 27.5. The second-order valence-corrected chi connectivity index (χ2v) is 12.2. The Hall–Kier alpha value is -2.75. The van der Waals surface area contributed by atoms with Crippen LogP contribution in [0.2, 0.25) is 0 Å². The fourth-order valence-electron chi connectivity index (χ4n) is 4.90. The first-order valence-corrected chi connectivity index (χ1v) is 14.5. The summed E-state index contributed by atoms with van der Waals surface area (Å²) in [6.45, 7) is 9.50. The number of carbonyl (C=O) groups is 1. The molecular formula is C36H44IrNO3-. The number of benzene rings is 2. The fraction of sp³-hybridized carbons (Fsp3) is 0.444. The first kappa shape index (κ1) is 28.4. The van der Waals surface area contributed by atoms with Gasteiger partial charge in [0.1, 0.15) is 11.3 Å². The maximum atomic E-state index is 11.8. The zero-order valence-electron chi connectivity index (χ0n) is 28.1. The van der Waals surface area contributed by atoms with Crippen LogP contribution in [0.15, 0.2) is 64.9 Å². The van der Waals surface area contributed by atoms with Crippen LogP contribution in [-0.2, 0) is 24.9 Å². The largest absolute Gasteiger partial charge is 0.512 e. The number of pyridine rings is 1. The molecule has 0 amide bonds. The minimum absolute atomic E-state index is 0. The van der Waals surface area contributed by atoms with Gasteiger partial charge in [-0.15, -0.1) is 18.2 Å². The Kier molecular flexibility index (Phi) is 9.33. The van der Waals surface area contributed by atoms with Crippen LogP contribution in [0.4, 0.5) is 0 Å². The molecule has 0 unspecified atom stereocenters. The van der Waals surface area contributed by atoms with E-state index in [9.17, 15) is 9.90 Å². The predicted molar refractivity (Wildman–Crippen MR) is 166 cm³/mol. The van der Waals surface area contributed by atoms with Crippen molar-refractivity contribution in [3.63, 3.8) is 0 Å². The molecule has 0 aliphatic heterocycles. The number of hydrogen-bond donors (Lipinski definition) is 1. The number of furan rings is 1. The molecule has 1 saturated carbocycles. The summed E-state index contributed by atoms with van der Waals surface area (Å²) in [5.41, 5.74) is 3.89. The van der Waals surface area contributed by atoms with E-state index in [-0.39, 0.29) is 48.0 Å². The second kappa shape index (κ2) is 13.5. The molecule has 1 aliphatic rings. The molecule has 1 radical (unpaired) electrons. The molecule has 1 aliphatic carbocycles. The van der Waals surface area contributed by atoms with Crippen molar-refractivity contribution in [2.45, 2.75) is 92.8 Å². The SMILES string of the molecule is CCC(C)(C)C(=O)/C=C(\O)C(C)(C)CC.[2H]C([2H])([2H])c1ccc2c(c1)oc1c(-c3cc(C4CCCC4)ccn3)[c-]ccc12.[Ir]. The minimum Gasteiger partial charge on any atom is -0.512 e. The standard InChI is InChI=1S/C23H20NO.C13H24O2.Ir/c1-15-9-10-18-19-7-4-8-20(23(19)25-22(18)13-15)21-14-17(11-12-24-21)16-5-2-3-6-16;1-7-12(3,4)10(14)9-11(15)13(5,6)8-2;/h4,7,9-14,16H,2-3,5-6H2,1H3;9,14H,7-8H2,1-6H3;/q-1;;/b;10-9-;/i1D3;;. The van der Waals surface area contributed by atoms with Crippen molar-refractivity contribution in [2.75, 3.05) is 0 Å². The quantitative estimate of drug-likeness (QED) is 0.117. The Morgan fingerprint density at radius 2 is 1.78 bits per heavy atom. The summed E-state index contributed by atoms with van der Waals surface area (Å²) in [5, 5.41) is 11.7. The van der Waals surface area contributed by atoms with Gasteiger partial charge < -0.3 is 14.5 Å². The van der Waals surface area contributed by atoms with E-state index in [1.807, 2.05) is 65.9 Å². The third kappa shape index (κ3) is 7.37. The molecule has 4 aromatic rings. The Labute approximate surface area is 263 Å². The molecule has 5 heteroatoms. The molecule has 1 N–H and O–H groups in total. The molecule has 2 heterocycles. The van der Waals surface area contributed by atoms with Crippen LogP contribution in [0.5, 0.6) is 0 Å². The van der Waals surface area contributed by atoms with Gasteiger partial charge in [-0.2, -0.15) is 0 Å². The molecule has 0 bridgehead atoms. The van der Waals surface area contributed by atoms with Crippen LogP contribution in [0, 0.1) is 23.7 Å². The summed E-state index contributed by atoms with van der Waals surface area (Å²) in [6, 6.07) is 16.5.